The van der Waals surface area contributed by atoms with Crippen LogP contribution in [-0.2, 0) is 0 Å². The van der Waals surface area contributed by atoms with E-state index in [1.807, 2.05) is 18.2 Å². The van der Waals surface area contributed by atoms with E-state index < -0.39 is 0 Å². The molecule has 2 aliphatic rings. The second-order valence-electron chi connectivity index (χ2n) is 8.98. The molecule has 2 unspecified atom stereocenters. The fourth-order valence-electron chi connectivity index (χ4n) is 4.64. The van der Waals surface area contributed by atoms with Gasteiger partial charge in [-0.15, -0.1) is 0 Å². The van der Waals surface area contributed by atoms with Gasteiger partial charge in [0.15, 0.2) is 0 Å². The Bertz CT molecular complexity index is 593. The lowest BCUT2D eigenvalue weighted by molar-refractivity contribution is 0.0994. The van der Waals surface area contributed by atoms with Gasteiger partial charge in [0.05, 0.1) is 0 Å². The molecule has 2 bridgehead atoms. The number of primary amides is 1. The molecule has 0 aliphatic carbocycles. The molecule has 0 aromatic heterocycles. The van der Waals surface area contributed by atoms with Crippen molar-refractivity contribution in [2.45, 2.75) is 64.5 Å². The highest BCUT2D eigenvalue weighted by Gasteiger charge is 2.41. The Kier molecular flexibility index (Phi) is 5.49. The summed E-state index contributed by atoms with van der Waals surface area (Å²) >= 11 is 0. The summed E-state index contributed by atoms with van der Waals surface area (Å²) in [5.74, 6) is 0.178. The first-order chi connectivity index (χ1) is 11.8. The molecular formula is C21H33N3O. The molecule has 2 fully saturated rings. The largest absolute Gasteiger partial charge is 0.366 e. The molecule has 4 heteroatoms. The third kappa shape index (κ3) is 4.42. The Balaban J connectivity index is 1.60. The maximum absolute atomic E-state index is 11.8. The number of amides is 1. The summed E-state index contributed by atoms with van der Waals surface area (Å²) in [5.41, 5.74) is 7.81. The molecule has 3 rings (SSSR count). The average Bonchev–Trinajstić information content (AvgIpc) is 2.78. The predicted molar refractivity (Wildman–Crippen MR) is 103 cm³/mol. The van der Waals surface area contributed by atoms with Crippen molar-refractivity contribution in [3.63, 3.8) is 0 Å². The van der Waals surface area contributed by atoms with Crippen LogP contribution in [0.3, 0.4) is 0 Å². The quantitative estimate of drug-likeness (QED) is 0.780. The van der Waals surface area contributed by atoms with Gasteiger partial charge in [0.1, 0.15) is 0 Å². The van der Waals surface area contributed by atoms with Gasteiger partial charge >= 0.3 is 0 Å². The molecule has 0 spiro atoms. The zero-order valence-corrected chi connectivity index (χ0v) is 15.9. The SMILES string of the molecule is CC(C)(C)CNCCN1C2CCC1CC(c1ccccc1C(N)=O)C2. The van der Waals surface area contributed by atoms with Crippen molar-refractivity contribution < 1.29 is 4.79 Å². The van der Waals surface area contributed by atoms with Gasteiger partial charge in [0.2, 0.25) is 5.91 Å². The summed E-state index contributed by atoms with van der Waals surface area (Å²) < 4.78 is 0. The molecule has 1 aromatic carbocycles. The average molecular weight is 344 g/mol. The first-order valence-corrected chi connectivity index (χ1v) is 9.70. The lowest BCUT2D eigenvalue weighted by Crippen LogP contribution is -2.46. The van der Waals surface area contributed by atoms with Crippen LogP contribution in [0.25, 0.3) is 0 Å². The molecule has 2 heterocycles. The zero-order chi connectivity index (χ0) is 18.0. The third-order valence-electron chi connectivity index (χ3n) is 5.75. The van der Waals surface area contributed by atoms with Crippen LogP contribution in [0.5, 0.6) is 0 Å². The van der Waals surface area contributed by atoms with Gasteiger partial charge in [0, 0.05) is 37.3 Å². The predicted octanol–water partition coefficient (Wildman–Crippen LogP) is 3.13. The topological polar surface area (TPSA) is 58.4 Å². The first-order valence-electron chi connectivity index (χ1n) is 9.70. The van der Waals surface area contributed by atoms with Gasteiger partial charge in [-0.2, -0.15) is 0 Å². The van der Waals surface area contributed by atoms with E-state index >= 15 is 0 Å². The number of carbonyl (C=O) groups excluding carboxylic acids is 1. The molecule has 0 saturated carbocycles. The molecule has 3 N–H and O–H groups in total. The van der Waals surface area contributed by atoms with Crippen molar-refractivity contribution in [2.75, 3.05) is 19.6 Å². The molecule has 138 valence electrons. The summed E-state index contributed by atoms with van der Waals surface area (Å²) in [4.78, 5) is 14.5. The van der Waals surface area contributed by atoms with Gasteiger partial charge in [-0.05, 0) is 48.6 Å². The standard InChI is InChI=1S/C21H33N3O/c1-21(2,3)14-23-10-11-24-16-8-9-17(24)13-15(12-16)18-6-4-5-7-19(18)20(22)25/h4-7,15-17,23H,8-14H2,1-3H3,(H2,22,25). The van der Waals surface area contributed by atoms with E-state index in [4.69, 9.17) is 5.73 Å². The van der Waals surface area contributed by atoms with Crippen molar-refractivity contribution in [2.24, 2.45) is 11.1 Å². The Morgan fingerprint density at radius 2 is 1.84 bits per heavy atom. The van der Waals surface area contributed by atoms with Crippen LogP contribution in [0.4, 0.5) is 0 Å². The van der Waals surface area contributed by atoms with Crippen LogP contribution >= 0.6 is 0 Å². The third-order valence-corrected chi connectivity index (χ3v) is 5.75. The van der Waals surface area contributed by atoms with Crippen LogP contribution in [0.1, 0.15) is 68.3 Å². The molecule has 1 aromatic rings. The van der Waals surface area contributed by atoms with Gasteiger partial charge in [-0.3, -0.25) is 9.69 Å². The van der Waals surface area contributed by atoms with Crippen LogP contribution in [-0.4, -0.2) is 42.5 Å². The molecule has 4 nitrogen and oxygen atoms in total. The summed E-state index contributed by atoms with van der Waals surface area (Å²) in [6, 6.07) is 9.23. The fourth-order valence-corrected chi connectivity index (χ4v) is 4.64. The van der Waals surface area contributed by atoms with E-state index in [0.717, 1.165) is 38.0 Å². The number of rotatable bonds is 6. The number of carbonyl (C=O) groups is 1. The van der Waals surface area contributed by atoms with E-state index in [0.29, 0.717) is 29.0 Å². The lowest BCUT2D eigenvalue weighted by Gasteiger charge is -2.39. The summed E-state index contributed by atoms with van der Waals surface area (Å²) in [6.45, 7) is 10.1. The second-order valence-corrected chi connectivity index (χ2v) is 8.98. The molecule has 2 atom stereocenters. The molecular weight excluding hydrogens is 310 g/mol. The van der Waals surface area contributed by atoms with Gasteiger partial charge in [0.25, 0.3) is 0 Å². The number of nitrogens with zero attached hydrogens (tertiary/aromatic N) is 1. The molecule has 25 heavy (non-hydrogen) atoms. The van der Waals surface area contributed by atoms with Crippen LogP contribution in [0.2, 0.25) is 0 Å². The van der Waals surface area contributed by atoms with Crippen LogP contribution < -0.4 is 11.1 Å². The van der Waals surface area contributed by atoms with E-state index in [1.54, 1.807) is 0 Å². The minimum absolute atomic E-state index is 0.295. The van der Waals surface area contributed by atoms with Gasteiger partial charge in [-0.25, -0.2) is 0 Å². The van der Waals surface area contributed by atoms with Crippen molar-refractivity contribution in [3.05, 3.63) is 35.4 Å². The molecule has 0 radical (unpaired) electrons. The Morgan fingerprint density at radius 3 is 2.44 bits per heavy atom. The maximum atomic E-state index is 11.8. The van der Waals surface area contributed by atoms with Crippen LogP contribution in [0.15, 0.2) is 24.3 Å². The smallest absolute Gasteiger partial charge is 0.248 e. The van der Waals surface area contributed by atoms with Crippen LogP contribution in [0, 0.1) is 5.41 Å². The monoisotopic (exact) mass is 343 g/mol. The highest BCUT2D eigenvalue weighted by molar-refractivity contribution is 5.94. The Labute approximate surface area is 152 Å². The molecule has 2 aliphatic heterocycles. The molecule has 1 amide bonds. The van der Waals surface area contributed by atoms with Crippen molar-refractivity contribution in [1.29, 1.82) is 0 Å². The first kappa shape index (κ1) is 18.4. The fraction of sp³-hybridized carbons (Fsp3) is 0.667. The van der Waals surface area contributed by atoms with E-state index in [1.165, 1.54) is 12.8 Å². The van der Waals surface area contributed by atoms with E-state index in [-0.39, 0.29) is 5.91 Å². The number of benzene rings is 1. The van der Waals surface area contributed by atoms with Crippen molar-refractivity contribution in [3.8, 4) is 0 Å². The normalized spacial score (nSPS) is 26.8. The van der Waals surface area contributed by atoms with E-state index in [9.17, 15) is 4.79 Å². The minimum atomic E-state index is -0.295. The number of piperidine rings is 1. The van der Waals surface area contributed by atoms with Gasteiger partial charge in [-0.1, -0.05) is 39.0 Å². The van der Waals surface area contributed by atoms with Crippen molar-refractivity contribution >= 4 is 5.91 Å². The summed E-state index contributed by atoms with van der Waals surface area (Å²) in [6.07, 6.45) is 4.89. The van der Waals surface area contributed by atoms with Gasteiger partial charge < -0.3 is 11.1 Å². The number of fused-ring (bicyclic) bond motifs is 2. The Morgan fingerprint density at radius 1 is 1.20 bits per heavy atom. The summed E-state index contributed by atoms with van der Waals surface area (Å²) in [7, 11) is 0. The number of nitrogens with two attached hydrogens (primary N) is 1. The summed E-state index contributed by atoms with van der Waals surface area (Å²) in [5, 5.41) is 3.61. The second kappa shape index (κ2) is 7.46. The highest BCUT2D eigenvalue weighted by atomic mass is 16.1. The zero-order valence-electron chi connectivity index (χ0n) is 15.9. The number of hydrogen-bond acceptors (Lipinski definition) is 3. The van der Waals surface area contributed by atoms with E-state index in [2.05, 4.69) is 37.1 Å². The number of hydrogen-bond donors (Lipinski definition) is 2. The number of nitrogens with one attached hydrogen (secondary N) is 1. The maximum Gasteiger partial charge on any atom is 0.248 e. The highest BCUT2D eigenvalue weighted by Crippen LogP contribution is 2.43. The Hall–Kier alpha value is -1.39. The lowest BCUT2D eigenvalue weighted by atomic mass is 9.82. The minimum Gasteiger partial charge on any atom is -0.366 e. The van der Waals surface area contributed by atoms with Crippen molar-refractivity contribution in [1.82, 2.24) is 10.2 Å². The molecule has 2 saturated heterocycles.